The van der Waals surface area contributed by atoms with Crippen molar-refractivity contribution in [2.75, 3.05) is 19.8 Å². The van der Waals surface area contributed by atoms with Crippen molar-refractivity contribution in [2.45, 2.75) is 59.7 Å². The van der Waals surface area contributed by atoms with Gasteiger partial charge in [-0.05, 0) is 50.4 Å². The maximum absolute atomic E-state index is 9.37. The Morgan fingerprint density at radius 2 is 1.95 bits per heavy atom. The predicted octanol–water partition coefficient (Wildman–Crippen LogP) is 3.77. The minimum atomic E-state index is -0.394. The molecule has 3 heteroatoms. The highest BCUT2D eigenvalue weighted by atomic mass is 16.7. The van der Waals surface area contributed by atoms with Crippen molar-refractivity contribution < 1.29 is 14.6 Å². The summed E-state index contributed by atoms with van der Waals surface area (Å²) in [4.78, 5) is 0. The van der Waals surface area contributed by atoms with Gasteiger partial charge in [0.05, 0.1) is 13.2 Å². The summed E-state index contributed by atoms with van der Waals surface area (Å²) in [5, 5.41) is 9.37. The van der Waals surface area contributed by atoms with Crippen LogP contribution in [-0.4, -0.2) is 30.7 Å². The Kier molecular flexibility index (Phi) is 4.20. The molecule has 3 saturated carbocycles. The average molecular weight is 308 g/mol. The van der Waals surface area contributed by atoms with Crippen molar-refractivity contribution in [3.05, 3.63) is 11.1 Å². The zero-order chi connectivity index (χ0) is 16.1. The molecule has 1 saturated heterocycles. The van der Waals surface area contributed by atoms with Crippen LogP contribution in [0.2, 0.25) is 0 Å². The summed E-state index contributed by atoms with van der Waals surface area (Å²) in [6.07, 6.45) is 3.21. The molecular formula is C19H32O3. The van der Waals surface area contributed by atoms with Crippen LogP contribution in [0.3, 0.4) is 0 Å². The van der Waals surface area contributed by atoms with Crippen molar-refractivity contribution in [3.8, 4) is 0 Å². The average Bonchev–Trinajstić information content (AvgIpc) is 2.94. The van der Waals surface area contributed by atoms with Crippen LogP contribution in [0.15, 0.2) is 11.1 Å². The third-order valence-electron chi connectivity index (χ3n) is 7.06. The molecule has 1 aliphatic heterocycles. The molecule has 0 aromatic rings. The van der Waals surface area contributed by atoms with Crippen molar-refractivity contribution in [1.29, 1.82) is 0 Å². The van der Waals surface area contributed by atoms with E-state index >= 15 is 0 Å². The van der Waals surface area contributed by atoms with Gasteiger partial charge in [0.2, 0.25) is 0 Å². The highest BCUT2D eigenvalue weighted by molar-refractivity contribution is 5.29. The van der Waals surface area contributed by atoms with E-state index in [2.05, 4.69) is 34.6 Å². The van der Waals surface area contributed by atoms with Gasteiger partial charge < -0.3 is 14.6 Å². The monoisotopic (exact) mass is 308 g/mol. The molecule has 0 amide bonds. The van der Waals surface area contributed by atoms with E-state index in [0.717, 1.165) is 32.5 Å². The second-order valence-electron chi connectivity index (χ2n) is 8.23. The first-order chi connectivity index (χ1) is 10.4. The van der Waals surface area contributed by atoms with Crippen molar-refractivity contribution in [1.82, 2.24) is 0 Å². The molecule has 5 atom stereocenters. The standard InChI is InChI=1S/C19H32O3/c1-12(2)15-11-18(5)14(4)19(21-8-9-22-19)17(15)10-16(18)13(3)6-7-20/h13-14,16-17,20H,6-11H2,1-5H3/t13-,14-,16-,17-,18+/m1/s1. The summed E-state index contributed by atoms with van der Waals surface area (Å²) in [6.45, 7) is 13.3. The number of fused-ring (bicyclic) bond motifs is 2. The highest BCUT2D eigenvalue weighted by Crippen LogP contribution is 2.66. The van der Waals surface area contributed by atoms with E-state index in [-0.39, 0.29) is 5.41 Å². The molecule has 0 aromatic heterocycles. The molecule has 4 aliphatic rings. The first kappa shape index (κ1) is 16.5. The number of hydrogen-bond donors (Lipinski definition) is 1. The van der Waals surface area contributed by atoms with E-state index in [1.807, 2.05) is 0 Å². The molecule has 22 heavy (non-hydrogen) atoms. The Morgan fingerprint density at radius 3 is 2.50 bits per heavy atom. The smallest absolute Gasteiger partial charge is 0.178 e. The van der Waals surface area contributed by atoms with E-state index in [0.29, 0.717) is 30.3 Å². The Balaban J connectivity index is 2.02. The van der Waals surface area contributed by atoms with Gasteiger partial charge in [0, 0.05) is 18.4 Å². The van der Waals surface area contributed by atoms with E-state index in [4.69, 9.17) is 9.47 Å². The summed E-state index contributed by atoms with van der Waals surface area (Å²) in [7, 11) is 0. The summed E-state index contributed by atoms with van der Waals surface area (Å²) in [6, 6.07) is 0. The Hall–Kier alpha value is -0.380. The molecule has 1 spiro atoms. The fourth-order valence-electron chi connectivity index (χ4n) is 5.68. The number of ether oxygens (including phenoxy) is 2. The SMILES string of the molecule is CC(C)=C1C[C@]2(C)[C@@H]([C@H](C)CCO)C[C@H]1C1(OCCO1)[C@@H]2C. The van der Waals surface area contributed by atoms with E-state index in [1.165, 1.54) is 5.57 Å². The lowest BCUT2D eigenvalue weighted by Gasteiger charge is -2.64. The van der Waals surface area contributed by atoms with E-state index in [9.17, 15) is 5.11 Å². The molecule has 0 aromatic carbocycles. The lowest BCUT2D eigenvalue weighted by molar-refractivity contribution is -0.293. The number of aliphatic hydroxyl groups is 1. The van der Waals surface area contributed by atoms with Crippen molar-refractivity contribution in [2.24, 2.45) is 29.1 Å². The number of allylic oxidation sites excluding steroid dienone is 1. The molecule has 0 radical (unpaired) electrons. The number of hydrogen-bond acceptors (Lipinski definition) is 3. The fraction of sp³-hybridized carbons (Fsp3) is 0.895. The summed E-state index contributed by atoms with van der Waals surface area (Å²) in [5.41, 5.74) is 3.20. The third-order valence-corrected chi connectivity index (χ3v) is 7.06. The van der Waals surface area contributed by atoms with Crippen LogP contribution in [0.25, 0.3) is 0 Å². The minimum Gasteiger partial charge on any atom is -0.396 e. The van der Waals surface area contributed by atoms with Gasteiger partial charge in [-0.1, -0.05) is 31.9 Å². The predicted molar refractivity (Wildman–Crippen MR) is 87.4 cm³/mol. The van der Waals surface area contributed by atoms with Crippen LogP contribution >= 0.6 is 0 Å². The van der Waals surface area contributed by atoms with Crippen LogP contribution in [0.1, 0.15) is 53.9 Å². The van der Waals surface area contributed by atoms with E-state index < -0.39 is 5.79 Å². The van der Waals surface area contributed by atoms with Crippen LogP contribution in [0.4, 0.5) is 0 Å². The van der Waals surface area contributed by atoms with Gasteiger partial charge in [-0.2, -0.15) is 0 Å². The normalized spacial score (nSPS) is 41.2. The second-order valence-corrected chi connectivity index (χ2v) is 8.23. The zero-order valence-corrected chi connectivity index (χ0v) is 14.8. The Morgan fingerprint density at radius 1 is 1.32 bits per heavy atom. The van der Waals surface area contributed by atoms with Gasteiger partial charge in [-0.25, -0.2) is 0 Å². The topological polar surface area (TPSA) is 38.7 Å². The maximum Gasteiger partial charge on any atom is 0.178 e. The molecule has 126 valence electrons. The van der Waals surface area contributed by atoms with Gasteiger partial charge in [0.15, 0.2) is 5.79 Å². The summed E-state index contributed by atoms with van der Waals surface area (Å²) in [5.74, 6) is 1.59. The van der Waals surface area contributed by atoms with Crippen LogP contribution in [0, 0.1) is 29.1 Å². The van der Waals surface area contributed by atoms with Gasteiger partial charge in [0.25, 0.3) is 0 Å². The lowest BCUT2D eigenvalue weighted by Crippen LogP contribution is -2.64. The Bertz CT molecular complexity index is 459. The van der Waals surface area contributed by atoms with Crippen molar-refractivity contribution in [3.63, 3.8) is 0 Å². The molecule has 2 bridgehead atoms. The molecule has 0 unspecified atom stereocenters. The van der Waals surface area contributed by atoms with Crippen LogP contribution < -0.4 is 0 Å². The van der Waals surface area contributed by atoms with Gasteiger partial charge >= 0.3 is 0 Å². The fourth-order valence-corrected chi connectivity index (χ4v) is 5.68. The largest absolute Gasteiger partial charge is 0.396 e. The molecule has 3 nitrogen and oxygen atoms in total. The van der Waals surface area contributed by atoms with Gasteiger partial charge in [-0.15, -0.1) is 0 Å². The lowest BCUT2D eigenvalue weighted by atomic mass is 9.45. The molecule has 1 N–H and O–H groups in total. The third kappa shape index (κ3) is 2.12. The zero-order valence-electron chi connectivity index (χ0n) is 14.8. The first-order valence-corrected chi connectivity index (χ1v) is 8.92. The second kappa shape index (κ2) is 5.61. The molecule has 4 rings (SSSR count). The molecule has 3 aliphatic carbocycles. The molecule has 4 fully saturated rings. The van der Waals surface area contributed by atoms with E-state index in [1.54, 1.807) is 5.57 Å². The van der Waals surface area contributed by atoms with Crippen LogP contribution in [0.5, 0.6) is 0 Å². The van der Waals surface area contributed by atoms with Gasteiger partial charge in [0.1, 0.15) is 0 Å². The van der Waals surface area contributed by atoms with Crippen LogP contribution in [-0.2, 0) is 9.47 Å². The maximum atomic E-state index is 9.37. The van der Waals surface area contributed by atoms with Gasteiger partial charge in [-0.3, -0.25) is 0 Å². The van der Waals surface area contributed by atoms with Crippen molar-refractivity contribution >= 4 is 0 Å². The summed E-state index contributed by atoms with van der Waals surface area (Å²) >= 11 is 0. The Labute approximate surface area is 135 Å². The molecular weight excluding hydrogens is 276 g/mol. The first-order valence-electron chi connectivity index (χ1n) is 8.92. The summed E-state index contributed by atoms with van der Waals surface area (Å²) < 4.78 is 12.5. The quantitative estimate of drug-likeness (QED) is 0.807. The highest BCUT2D eigenvalue weighted by Gasteiger charge is 2.66. The number of aliphatic hydroxyl groups excluding tert-OH is 1. The molecule has 1 heterocycles. The minimum absolute atomic E-state index is 0.195. The number of rotatable bonds is 3.